The Labute approximate surface area is 633 Å². The lowest BCUT2D eigenvalue weighted by Crippen LogP contribution is -2.47. The maximum atomic E-state index is 12.9. The molecule has 0 atom stereocenters. The number of amides is 4. The molecule has 0 saturated heterocycles. The van der Waals surface area contributed by atoms with Crippen LogP contribution in [0.4, 0.5) is 38.4 Å². The Morgan fingerprint density at radius 3 is 0.766 bits per heavy atom. The monoisotopic (exact) mass is 1530 g/mol. The minimum atomic E-state index is -0.996. The molecular formula is C75H128N4O28. The minimum Gasteiger partial charge on any atom is -0.460 e. The van der Waals surface area contributed by atoms with Crippen LogP contribution < -0.4 is 10.6 Å². The Kier molecular flexibility index (Phi) is 51.4. The van der Waals surface area contributed by atoms with Crippen molar-refractivity contribution in [3.63, 3.8) is 0 Å². The molecule has 0 rings (SSSR count). The first kappa shape index (κ1) is 98.5. The number of carbonyl (C=O) groups is 12. The molecule has 0 aliphatic heterocycles. The Bertz CT molecular complexity index is 2690. The zero-order chi connectivity index (χ0) is 80.7. The fourth-order valence-electron chi connectivity index (χ4n) is 8.97. The molecule has 32 nitrogen and oxygen atoms in total. The third-order valence-electron chi connectivity index (χ3n) is 15.1. The number of hydrogen-bond donors (Lipinski definition) is 2. The summed E-state index contributed by atoms with van der Waals surface area (Å²) in [7, 11) is 0. The summed E-state index contributed by atoms with van der Waals surface area (Å²) >= 11 is 0. The fraction of sp³-hybridized carbons (Fsp3) is 0.787. The Hall–Kier alpha value is -8.48. The number of unbranched alkanes of at least 4 members (excludes halogenated alkanes) is 12. The quantitative estimate of drug-likeness (QED) is 0.0247. The van der Waals surface area contributed by atoms with Crippen molar-refractivity contribution in [2.24, 2.45) is 16.2 Å². The van der Waals surface area contributed by atoms with E-state index < -0.39 is 88.4 Å². The van der Waals surface area contributed by atoms with Gasteiger partial charge in [-0.25, -0.2) is 47.9 Å². The van der Waals surface area contributed by atoms with Crippen molar-refractivity contribution in [2.45, 2.75) is 236 Å². The van der Waals surface area contributed by atoms with E-state index in [0.29, 0.717) is 108 Å². The molecule has 0 aliphatic carbocycles. The van der Waals surface area contributed by atoms with E-state index >= 15 is 0 Å². The van der Waals surface area contributed by atoms with Gasteiger partial charge in [0.05, 0.1) is 65.9 Å². The molecule has 2 N–H and O–H groups in total. The van der Waals surface area contributed by atoms with E-state index in [1.165, 1.54) is 0 Å². The zero-order valence-electron chi connectivity index (χ0n) is 66.5. The maximum absolute atomic E-state index is 12.9. The van der Waals surface area contributed by atoms with Gasteiger partial charge in [-0.2, -0.15) is 0 Å². The van der Waals surface area contributed by atoms with Crippen molar-refractivity contribution in [1.29, 1.82) is 0 Å². The topological polar surface area (TPSA) is 383 Å². The average molecular weight is 1530 g/mol. The van der Waals surface area contributed by atoms with Gasteiger partial charge < -0.3 is 96.2 Å². The van der Waals surface area contributed by atoms with Crippen molar-refractivity contribution < 1.29 is 133 Å². The number of carbonyl (C=O) groups excluding carboxylic acids is 12. The molecule has 0 radical (unpaired) electrons. The lowest BCUT2D eigenvalue weighted by Gasteiger charge is -2.35. The van der Waals surface area contributed by atoms with Crippen LogP contribution in [-0.2, 0) is 95.0 Å². The number of nitrogens with zero attached hydrogens (tertiary/aromatic N) is 2. The summed E-state index contributed by atoms with van der Waals surface area (Å²) in [4.78, 5) is 150. The molecule has 4 amide bonds. The fourth-order valence-corrected chi connectivity index (χ4v) is 8.97. The summed E-state index contributed by atoms with van der Waals surface area (Å²) in [6.07, 6.45) is 5.42. The number of rotatable bonds is 56. The normalized spacial score (nSPS) is 11.4. The van der Waals surface area contributed by atoms with E-state index in [1.54, 1.807) is 65.2 Å². The average Bonchev–Trinajstić information content (AvgIpc) is 0.866. The van der Waals surface area contributed by atoms with Crippen molar-refractivity contribution in [2.75, 3.05) is 132 Å². The first-order chi connectivity index (χ1) is 50.3. The third-order valence-corrected chi connectivity index (χ3v) is 15.1. The van der Waals surface area contributed by atoms with Gasteiger partial charge in [-0.05, 0) is 132 Å². The Balaban J connectivity index is 3.95. The zero-order valence-corrected chi connectivity index (χ0v) is 66.5. The van der Waals surface area contributed by atoms with E-state index in [0.717, 1.165) is 57.8 Å². The summed E-state index contributed by atoms with van der Waals surface area (Å²) in [5.41, 5.74) is -2.63. The lowest BCUT2D eigenvalue weighted by atomic mass is 9.96. The molecule has 0 aromatic rings. The molecule has 0 heterocycles. The van der Waals surface area contributed by atoms with E-state index in [-0.39, 0.29) is 118 Å². The second-order valence-corrected chi connectivity index (χ2v) is 30.1. The van der Waals surface area contributed by atoms with Gasteiger partial charge in [0.25, 0.3) is 0 Å². The number of alkyl carbamates (subject to hydrolysis) is 2. The molecule has 32 heteroatoms. The predicted molar refractivity (Wildman–Crippen MR) is 391 cm³/mol. The maximum Gasteiger partial charge on any atom is 0.508 e. The summed E-state index contributed by atoms with van der Waals surface area (Å²) < 4.78 is 82.2. The van der Waals surface area contributed by atoms with Crippen molar-refractivity contribution >= 4 is 72.9 Å². The van der Waals surface area contributed by atoms with Crippen LogP contribution in [-0.4, -0.2) is 226 Å². The Morgan fingerprint density at radius 1 is 0.271 bits per heavy atom. The van der Waals surface area contributed by atoms with Crippen LogP contribution in [0.25, 0.3) is 0 Å². The highest BCUT2D eigenvalue weighted by molar-refractivity contribution is 5.87. The van der Waals surface area contributed by atoms with Gasteiger partial charge in [0.15, 0.2) is 0 Å². The second kappa shape index (κ2) is 55.9. The van der Waals surface area contributed by atoms with E-state index in [9.17, 15) is 57.5 Å². The van der Waals surface area contributed by atoms with Gasteiger partial charge in [0.1, 0.15) is 52.9 Å². The Morgan fingerprint density at radius 2 is 0.495 bits per heavy atom. The van der Waals surface area contributed by atoms with Gasteiger partial charge in [-0.1, -0.05) is 93.2 Å². The molecular weight excluding hydrogens is 1400 g/mol. The van der Waals surface area contributed by atoms with E-state index in [2.05, 4.69) is 23.8 Å². The van der Waals surface area contributed by atoms with Gasteiger partial charge in [-0.15, -0.1) is 0 Å². The number of ether oxygens (including phenoxy) is 16. The predicted octanol–water partition coefficient (Wildman–Crippen LogP) is 13.7. The molecule has 616 valence electrons. The van der Waals surface area contributed by atoms with Gasteiger partial charge in [0.2, 0.25) is 11.8 Å². The number of esters is 2. The molecule has 0 unspecified atom stereocenters. The first-order valence-corrected chi connectivity index (χ1v) is 37.1. The van der Waals surface area contributed by atoms with Crippen molar-refractivity contribution in [3.8, 4) is 0 Å². The number of nitrogens with one attached hydrogen (secondary N) is 2. The van der Waals surface area contributed by atoms with Crippen molar-refractivity contribution in [3.05, 3.63) is 24.3 Å². The molecule has 0 bridgehead atoms. The van der Waals surface area contributed by atoms with Gasteiger partial charge in [0, 0.05) is 64.4 Å². The molecule has 0 saturated carbocycles. The van der Waals surface area contributed by atoms with Crippen LogP contribution in [0.15, 0.2) is 24.3 Å². The molecule has 0 aliphatic rings. The standard InChI is InChI=1S/C75H128N4O28/c1-57(2)61(82)92-49-39-78(71(5,6)7)59(80)35-23-19-17-21-25-37-76-63(84)94-41-27-28-42-95-65(86)96-43-29-30-44-97-66(87)98-45-31-32-46-99-67(88)100-47-33-34-48-101-68(89)103-53-74(13,14)54-105-70(91)107-56-75(15,16)55-106-69(90)104-52-73(11,12)51-102-64(85)77-38-26-22-18-20-24-36-60(81)79(72(8,9)10)40-50-93-62(83)58(3)4/h1,3,17-56H2,2,4-16H3,(H,76,84)(H,77,85). The van der Waals surface area contributed by atoms with E-state index in [4.69, 9.17) is 75.8 Å². The van der Waals surface area contributed by atoms with Crippen LogP contribution in [0.1, 0.15) is 225 Å². The number of hydrogen-bond acceptors (Lipinski definition) is 28. The van der Waals surface area contributed by atoms with Gasteiger partial charge in [-0.3, -0.25) is 9.59 Å². The van der Waals surface area contributed by atoms with Crippen LogP contribution in [0.3, 0.4) is 0 Å². The van der Waals surface area contributed by atoms with Crippen LogP contribution in [0, 0.1) is 16.2 Å². The SMILES string of the molecule is C=C(C)C(=O)OCCN(C(=O)CCCCCCCNC(=O)OCCCCOC(=O)OCCCCOC(=O)OCCCCOC(=O)OCCCCOC(=O)OCC(C)(C)COC(=O)OCC(C)(C)COC(=O)OCC(C)(C)COC(=O)NCCCCCCCC(=O)N(CCOC(=O)C(=C)C)C(C)(C)C)C(C)(C)C. The first-order valence-electron chi connectivity index (χ1n) is 37.1. The molecule has 0 spiro atoms. The highest BCUT2D eigenvalue weighted by Gasteiger charge is 2.31. The molecule has 107 heavy (non-hydrogen) atoms. The second-order valence-electron chi connectivity index (χ2n) is 30.1. The molecule has 0 fully saturated rings. The highest BCUT2D eigenvalue weighted by Crippen LogP contribution is 2.23. The van der Waals surface area contributed by atoms with Crippen LogP contribution >= 0.6 is 0 Å². The summed E-state index contributed by atoms with van der Waals surface area (Å²) in [6.45, 7) is 33.3. The van der Waals surface area contributed by atoms with Gasteiger partial charge >= 0.3 is 61.1 Å². The van der Waals surface area contributed by atoms with Crippen molar-refractivity contribution in [1.82, 2.24) is 20.4 Å². The third kappa shape index (κ3) is 56.5. The summed E-state index contributed by atoms with van der Waals surface area (Å²) in [6, 6.07) is 0. The summed E-state index contributed by atoms with van der Waals surface area (Å²) in [5, 5.41) is 5.43. The van der Waals surface area contributed by atoms with Crippen LogP contribution in [0.2, 0.25) is 0 Å². The minimum absolute atomic E-state index is 0.000959. The molecule has 0 aromatic heterocycles. The van der Waals surface area contributed by atoms with E-state index in [1.807, 2.05) is 41.5 Å². The van der Waals surface area contributed by atoms with Crippen LogP contribution in [0.5, 0.6) is 0 Å². The smallest absolute Gasteiger partial charge is 0.460 e. The highest BCUT2D eigenvalue weighted by atomic mass is 16.8. The summed E-state index contributed by atoms with van der Waals surface area (Å²) in [5.74, 6) is -0.962. The molecule has 0 aromatic carbocycles. The largest absolute Gasteiger partial charge is 0.508 e. The lowest BCUT2D eigenvalue weighted by molar-refractivity contribution is -0.144.